The zero-order chi connectivity index (χ0) is 26.8. The SMILES string of the molecule is CCOc1cc(C)c(-c2nc3ccccc3c(=O)n2N=Cc2cccn2-c2ccc(Br)cc2)cc1C(C)C. The predicted molar refractivity (Wildman–Crippen MR) is 158 cm³/mol. The predicted octanol–water partition coefficient (Wildman–Crippen LogP) is 7.33. The minimum Gasteiger partial charge on any atom is -0.494 e. The third-order valence-electron chi connectivity index (χ3n) is 6.46. The lowest BCUT2D eigenvalue weighted by Crippen LogP contribution is -2.21. The summed E-state index contributed by atoms with van der Waals surface area (Å²) in [7, 11) is 0. The van der Waals surface area contributed by atoms with Crippen LogP contribution in [-0.4, -0.2) is 27.0 Å². The van der Waals surface area contributed by atoms with Crippen LogP contribution in [0.2, 0.25) is 0 Å². The summed E-state index contributed by atoms with van der Waals surface area (Å²) in [6.45, 7) is 8.84. The quantitative estimate of drug-likeness (QED) is 0.193. The molecule has 0 N–H and O–H groups in total. The molecule has 2 heterocycles. The van der Waals surface area contributed by atoms with E-state index in [1.54, 1.807) is 12.3 Å². The fourth-order valence-corrected chi connectivity index (χ4v) is 4.79. The van der Waals surface area contributed by atoms with Crippen LogP contribution in [0.1, 0.15) is 43.5 Å². The molecule has 2 aromatic heterocycles. The molecular formula is C31H29BrN4O2. The lowest BCUT2D eigenvalue weighted by molar-refractivity contribution is 0.335. The largest absolute Gasteiger partial charge is 0.494 e. The number of aromatic nitrogens is 3. The first-order valence-corrected chi connectivity index (χ1v) is 13.4. The molecule has 0 atom stereocenters. The van der Waals surface area contributed by atoms with Gasteiger partial charge in [-0.3, -0.25) is 4.79 Å². The van der Waals surface area contributed by atoms with Crippen molar-refractivity contribution in [2.45, 2.75) is 33.6 Å². The van der Waals surface area contributed by atoms with E-state index in [0.29, 0.717) is 23.3 Å². The van der Waals surface area contributed by atoms with Crippen molar-refractivity contribution in [1.29, 1.82) is 0 Å². The smallest absolute Gasteiger partial charge is 0.282 e. The molecule has 3 aromatic carbocycles. The van der Waals surface area contributed by atoms with E-state index in [0.717, 1.165) is 38.3 Å². The molecule has 0 aliphatic carbocycles. The molecule has 0 unspecified atom stereocenters. The number of benzene rings is 3. The van der Waals surface area contributed by atoms with Crippen molar-refractivity contribution in [3.05, 3.63) is 111 Å². The summed E-state index contributed by atoms with van der Waals surface area (Å²) in [6.07, 6.45) is 3.68. The second-order valence-corrected chi connectivity index (χ2v) is 10.3. The summed E-state index contributed by atoms with van der Waals surface area (Å²) in [6, 6.07) is 23.4. The van der Waals surface area contributed by atoms with E-state index in [-0.39, 0.29) is 11.5 Å². The van der Waals surface area contributed by atoms with Crippen LogP contribution >= 0.6 is 15.9 Å². The second kappa shape index (κ2) is 10.8. The fraction of sp³-hybridized carbons (Fsp3) is 0.194. The van der Waals surface area contributed by atoms with Crippen LogP contribution in [0.4, 0.5) is 0 Å². The van der Waals surface area contributed by atoms with Gasteiger partial charge >= 0.3 is 0 Å². The van der Waals surface area contributed by atoms with Gasteiger partial charge in [0.15, 0.2) is 5.82 Å². The number of fused-ring (bicyclic) bond motifs is 1. The van der Waals surface area contributed by atoms with Gasteiger partial charge in [0, 0.05) is 21.9 Å². The summed E-state index contributed by atoms with van der Waals surface area (Å²) < 4.78 is 10.4. The van der Waals surface area contributed by atoms with Gasteiger partial charge in [0.25, 0.3) is 5.56 Å². The monoisotopic (exact) mass is 568 g/mol. The number of aryl methyl sites for hydroxylation is 1. The summed E-state index contributed by atoms with van der Waals surface area (Å²) in [5, 5.41) is 5.23. The Morgan fingerprint density at radius 3 is 2.55 bits per heavy atom. The Balaban J connectivity index is 1.70. The van der Waals surface area contributed by atoms with E-state index in [4.69, 9.17) is 14.8 Å². The van der Waals surface area contributed by atoms with E-state index in [1.165, 1.54) is 4.68 Å². The number of rotatable bonds is 7. The van der Waals surface area contributed by atoms with Gasteiger partial charge < -0.3 is 9.30 Å². The van der Waals surface area contributed by atoms with E-state index < -0.39 is 0 Å². The lowest BCUT2D eigenvalue weighted by atomic mass is 9.96. The van der Waals surface area contributed by atoms with Gasteiger partial charge in [-0.15, -0.1) is 0 Å². The van der Waals surface area contributed by atoms with Gasteiger partial charge in [-0.1, -0.05) is 41.9 Å². The number of ether oxygens (including phenoxy) is 1. The summed E-state index contributed by atoms with van der Waals surface area (Å²) in [5.74, 6) is 1.58. The highest BCUT2D eigenvalue weighted by Gasteiger charge is 2.18. The Kier molecular flexibility index (Phi) is 7.29. The van der Waals surface area contributed by atoms with Crippen molar-refractivity contribution in [3.63, 3.8) is 0 Å². The molecule has 5 aromatic rings. The maximum atomic E-state index is 13.7. The van der Waals surface area contributed by atoms with Gasteiger partial charge in [-0.05, 0) is 91.6 Å². The fourth-order valence-electron chi connectivity index (χ4n) is 4.53. The molecule has 0 fully saturated rings. The van der Waals surface area contributed by atoms with Crippen LogP contribution in [0.3, 0.4) is 0 Å². The zero-order valence-corrected chi connectivity index (χ0v) is 23.4. The number of para-hydroxylation sites is 1. The molecule has 0 amide bonds. The Morgan fingerprint density at radius 2 is 1.82 bits per heavy atom. The van der Waals surface area contributed by atoms with Gasteiger partial charge in [-0.25, -0.2) is 4.98 Å². The molecule has 0 radical (unpaired) electrons. The molecule has 0 bridgehead atoms. The number of hydrogen-bond acceptors (Lipinski definition) is 4. The first-order valence-electron chi connectivity index (χ1n) is 12.6. The summed E-state index contributed by atoms with van der Waals surface area (Å²) in [4.78, 5) is 18.7. The van der Waals surface area contributed by atoms with Gasteiger partial charge in [-0.2, -0.15) is 9.78 Å². The van der Waals surface area contributed by atoms with Gasteiger partial charge in [0.05, 0.1) is 29.4 Å². The van der Waals surface area contributed by atoms with Crippen LogP contribution < -0.4 is 10.3 Å². The van der Waals surface area contributed by atoms with Gasteiger partial charge in [0.1, 0.15) is 5.75 Å². The highest BCUT2D eigenvalue weighted by molar-refractivity contribution is 9.10. The van der Waals surface area contributed by atoms with Crippen molar-refractivity contribution < 1.29 is 4.74 Å². The third-order valence-corrected chi connectivity index (χ3v) is 6.99. The molecule has 38 heavy (non-hydrogen) atoms. The van der Waals surface area contributed by atoms with Crippen molar-refractivity contribution in [2.75, 3.05) is 6.61 Å². The van der Waals surface area contributed by atoms with Crippen molar-refractivity contribution in [1.82, 2.24) is 14.2 Å². The molecule has 0 aliphatic heterocycles. The standard InChI is InChI=1S/C31H29BrN4O2/c1-5-38-29-17-21(4)27(18-26(29)20(2)3)30-34-28-11-7-6-10-25(28)31(37)36(30)33-19-24-9-8-16-35(24)23-14-12-22(32)13-15-23/h6-20H,5H2,1-4H3. The van der Waals surface area contributed by atoms with Crippen LogP contribution in [-0.2, 0) is 0 Å². The van der Waals surface area contributed by atoms with Crippen molar-refractivity contribution >= 4 is 33.0 Å². The highest BCUT2D eigenvalue weighted by Crippen LogP contribution is 2.34. The molecule has 6 nitrogen and oxygen atoms in total. The van der Waals surface area contributed by atoms with E-state index >= 15 is 0 Å². The first kappa shape index (κ1) is 25.7. The number of nitrogens with zero attached hydrogens (tertiary/aromatic N) is 4. The molecule has 192 valence electrons. The summed E-state index contributed by atoms with van der Waals surface area (Å²) >= 11 is 3.49. The molecule has 0 saturated heterocycles. The zero-order valence-electron chi connectivity index (χ0n) is 21.9. The van der Waals surface area contributed by atoms with E-state index in [9.17, 15) is 4.79 Å². The molecule has 0 spiro atoms. The minimum absolute atomic E-state index is 0.219. The van der Waals surface area contributed by atoms with Crippen molar-refractivity contribution in [2.24, 2.45) is 5.10 Å². The third kappa shape index (κ3) is 4.94. The Bertz CT molecular complexity index is 1700. The first-order chi connectivity index (χ1) is 18.4. The van der Waals surface area contributed by atoms with Crippen molar-refractivity contribution in [3.8, 4) is 22.8 Å². The number of halogens is 1. The van der Waals surface area contributed by atoms with Gasteiger partial charge in [0.2, 0.25) is 0 Å². The van der Waals surface area contributed by atoms with E-state index in [1.807, 2.05) is 85.3 Å². The normalized spacial score (nSPS) is 11.6. The Hall–Kier alpha value is -3.97. The van der Waals surface area contributed by atoms with Crippen LogP contribution in [0, 0.1) is 6.92 Å². The average Bonchev–Trinajstić information content (AvgIpc) is 3.37. The highest BCUT2D eigenvalue weighted by atomic mass is 79.9. The maximum absolute atomic E-state index is 13.7. The Labute approximate surface area is 230 Å². The van der Waals surface area contributed by atoms with E-state index in [2.05, 4.69) is 35.8 Å². The molecule has 5 rings (SSSR count). The molecule has 7 heteroatoms. The van der Waals surface area contributed by atoms with Crippen LogP contribution in [0.25, 0.3) is 28.0 Å². The topological polar surface area (TPSA) is 61.4 Å². The average molecular weight is 570 g/mol. The molecular weight excluding hydrogens is 540 g/mol. The van der Waals surface area contributed by atoms with Crippen LogP contribution in [0.15, 0.2) is 93.4 Å². The maximum Gasteiger partial charge on any atom is 0.282 e. The minimum atomic E-state index is -0.219. The Morgan fingerprint density at radius 1 is 1.05 bits per heavy atom. The number of hydrogen-bond donors (Lipinski definition) is 0. The summed E-state index contributed by atoms with van der Waals surface area (Å²) in [5.41, 5.74) is 5.12. The molecule has 0 saturated carbocycles. The van der Waals surface area contributed by atoms with Crippen LogP contribution in [0.5, 0.6) is 5.75 Å². The molecule has 0 aliphatic rings. The second-order valence-electron chi connectivity index (χ2n) is 9.39. The lowest BCUT2D eigenvalue weighted by Gasteiger charge is -2.18.